The van der Waals surface area contributed by atoms with Crippen molar-refractivity contribution in [3.05, 3.63) is 63.8 Å². The molecule has 154 valence electrons. The number of carboxylic acids is 1. The van der Waals surface area contributed by atoms with Gasteiger partial charge in [0.15, 0.2) is 6.10 Å². The molecule has 2 aromatic carbocycles. The van der Waals surface area contributed by atoms with Gasteiger partial charge in [-0.1, -0.05) is 0 Å². The van der Waals surface area contributed by atoms with Crippen LogP contribution in [0.2, 0.25) is 0 Å². The fraction of sp³-hybridized carbons (Fsp3) is 0.200. The Kier molecular flexibility index (Phi) is 8.80. The number of methoxy groups -OCH3 is 1. The number of phenolic OH excluding ortho intramolecular Hbond substituents is 1. The minimum atomic E-state index is -1.17. The maximum atomic E-state index is 12.5. The summed E-state index contributed by atoms with van der Waals surface area (Å²) in [6, 6.07) is 12.0. The largest absolute Gasteiger partial charge is 0.508 e. The second-order valence-electron chi connectivity index (χ2n) is 5.78. The Bertz CT molecular complexity index is 887. The topological polar surface area (TPSA) is 105 Å². The lowest BCUT2D eigenvalue weighted by molar-refractivity contribution is -0.131. The molecule has 0 saturated carbocycles. The fourth-order valence-corrected chi connectivity index (χ4v) is 3.40. The average molecular weight is 529 g/mol. The number of nitrogens with one attached hydrogen (secondary N) is 1. The molecule has 0 radical (unpaired) electrons. The summed E-state index contributed by atoms with van der Waals surface area (Å²) in [6.07, 6.45) is 1.33. The van der Waals surface area contributed by atoms with E-state index < -0.39 is 24.3 Å². The number of ether oxygens (including phenoxy) is 2. The maximum Gasteiger partial charge on any atom is 0.412 e. The van der Waals surface area contributed by atoms with Crippen molar-refractivity contribution in [3.8, 4) is 5.75 Å². The molecule has 0 aliphatic rings. The molecule has 0 aliphatic carbocycles. The highest BCUT2D eigenvalue weighted by atomic mass is 127. The Morgan fingerprint density at radius 1 is 1.21 bits per heavy atom. The van der Waals surface area contributed by atoms with Crippen molar-refractivity contribution in [2.75, 3.05) is 18.7 Å². The van der Waals surface area contributed by atoms with Gasteiger partial charge in [-0.05, 0) is 77.4 Å². The van der Waals surface area contributed by atoms with Crippen molar-refractivity contribution < 1.29 is 29.3 Å². The monoisotopic (exact) mass is 529 g/mol. The molecule has 0 fully saturated rings. The first-order valence-corrected chi connectivity index (χ1v) is 10.7. The molecule has 0 saturated heterocycles. The zero-order valence-electron chi connectivity index (χ0n) is 15.7. The molecule has 2 aromatic rings. The second kappa shape index (κ2) is 11.1. The van der Waals surface area contributed by atoms with E-state index in [2.05, 4.69) is 27.9 Å². The van der Waals surface area contributed by atoms with Gasteiger partial charge in [0.25, 0.3) is 0 Å². The van der Waals surface area contributed by atoms with E-state index in [0.29, 0.717) is 11.3 Å². The van der Waals surface area contributed by atoms with Crippen LogP contribution in [-0.4, -0.2) is 41.7 Å². The SMILES string of the molecule is CO[C@H](/C=C/C(=O)O)[C@H](OC(=O)Nc1ccc(SC)cc1)c1cc(I)ccc1O. The molecule has 29 heavy (non-hydrogen) atoms. The third-order valence-corrected chi connectivity index (χ3v) is 5.28. The van der Waals surface area contributed by atoms with E-state index in [0.717, 1.165) is 14.5 Å². The summed E-state index contributed by atoms with van der Waals surface area (Å²) in [5.41, 5.74) is 0.833. The molecule has 0 heterocycles. The van der Waals surface area contributed by atoms with Gasteiger partial charge in [-0.2, -0.15) is 0 Å². The average Bonchev–Trinajstić information content (AvgIpc) is 2.69. The number of carboxylic acid groups (broad SMARTS) is 1. The number of carbonyl (C=O) groups is 2. The van der Waals surface area contributed by atoms with Crippen LogP contribution >= 0.6 is 34.4 Å². The molecule has 0 aromatic heterocycles. The molecule has 9 heteroatoms. The van der Waals surface area contributed by atoms with Gasteiger partial charge in [-0.25, -0.2) is 9.59 Å². The van der Waals surface area contributed by atoms with Gasteiger partial charge in [0.2, 0.25) is 0 Å². The zero-order chi connectivity index (χ0) is 21.4. The molecule has 1 amide bonds. The predicted molar refractivity (Wildman–Crippen MR) is 119 cm³/mol. The summed E-state index contributed by atoms with van der Waals surface area (Å²) in [5.74, 6) is -1.27. The van der Waals surface area contributed by atoms with Crippen molar-refractivity contribution >= 4 is 52.1 Å². The van der Waals surface area contributed by atoms with Crippen molar-refractivity contribution in [1.29, 1.82) is 0 Å². The predicted octanol–water partition coefficient (Wildman–Crippen LogP) is 4.66. The Balaban J connectivity index is 2.29. The third kappa shape index (κ3) is 6.94. The van der Waals surface area contributed by atoms with Gasteiger partial charge in [-0.3, -0.25) is 5.32 Å². The molecule has 0 bridgehead atoms. The number of halogens is 1. The number of anilines is 1. The first-order valence-electron chi connectivity index (χ1n) is 8.38. The van der Waals surface area contributed by atoms with Crippen LogP contribution in [-0.2, 0) is 14.3 Å². The number of benzene rings is 2. The van der Waals surface area contributed by atoms with Crippen LogP contribution in [0.15, 0.2) is 59.5 Å². The van der Waals surface area contributed by atoms with Crippen molar-refractivity contribution in [2.45, 2.75) is 17.1 Å². The number of aliphatic carboxylic acids is 1. The molecule has 3 N–H and O–H groups in total. The van der Waals surface area contributed by atoms with Crippen molar-refractivity contribution in [2.24, 2.45) is 0 Å². The molecule has 0 aliphatic heterocycles. The minimum Gasteiger partial charge on any atom is -0.508 e. The Morgan fingerprint density at radius 3 is 2.48 bits per heavy atom. The van der Waals surface area contributed by atoms with E-state index in [9.17, 15) is 14.7 Å². The Labute approximate surface area is 186 Å². The van der Waals surface area contributed by atoms with Gasteiger partial charge in [0.05, 0.1) is 0 Å². The quantitative estimate of drug-likeness (QED) is 0.260. The molecule has 0 spiro atoms. The van der Waals surface area contributed by atoms with Crippen LogP contribution in [0.1, 0.15) is 11.7 Å². The van der Waals surface area contributed by atoms with E-state index in [-0.39, 0.29) is 5.75 Å². The number of thioether (sulfide) groups is 1. The van der Waals surface area contributed by atoms with Crippen LogP contribution in [0.4, 0.5) is 10.5 Å². The molecule has 0 unspecified atom stereocenters. The number of rotatable bonds is 8. The first kappa shape index (κ1) is 23.0. The second-order valence-corrected chi connectivity index (χ2v) is 7.91. The van der Waals surface area contributed by atoms with Gasteiger partial charge in [-0.15, -0.1) is 11.8 Å². The van der Waals surface area contributed by atoms with Gasteiger partial charge in [0.1, 0.15) is 11.9 Å². The van der Waals surface area contributed by atoms with Crippen LogP contribution in [0.3, 0.4) is 0 Å². The summed E-state index contributed by atoms with van der Waals surface area (Å²) in [5, 5.41) is 21.8. The van der Waals surface area contributed by atoms with Crippen LogP contribution < -0.4 is 5.32 Å². The number of phenols is 1. The molecular formula is C20H20INO6S. The molecule has 2 rings (SSSR count). The molecule has 2 atom stereocenters. The lowest BCUT2D eigenvalue weighted by atomic mass is 10.0. The highest BCUT2D eigenvalue weighted by Gasteiger charge is 2.28. The zero-order valence-corrected chi connectivity index (χ0v) is 18.6. The van der Waals surface area contributed by atoms with Crippen molar-refractivity contribution in [1.82, 2.24) is 0 Å². The minimum absolute atomic E-state index is 0.0988. The maximum absolute atomic E-state index is 12.5. The lowest BCUT2D eigenvalue weighted by Gasteiger charge is -2.25. The number of aromatic hydroxyl groups is 1. The lowest BCUT2D eigenvalue weighted by Crippen LogP contribution is -2.27. The summed E-state index contributed by atoms with van der Waals surface area (Å²) >= 11 is 3.64. The summed E-state index contributed by atoms with van der Waals surface area (Å²) < 4.78 is 11.7. The Morgan fingerprint density at radius 2 is 1.90 bits per heavy atom. The highest BCUT2D eigenvalue weighted by molar-refractivity contribution is 14.1. The number of amides is 1. The van der Waals surface area contributed by atoms with Crippen LogP contribution in [0, 0.1) is 3.57 Å². The van der Waals surface area contributed by atoms with Crippen LogP contribution in [0.5, 0.6) is 5.75 Å². The van der Waals surface area contributed by atoms with E-state index in [1.54, 1.807) is 36.0 Å². The third-order valence-electron chi connectivity index (χ3n) is 3.87. The summed E-state index contributed by atoms with van der Waals surface area (Å²) in [7, 11) is 1.36. The number of hydrogen-bond acceptors (Lipinski definition) is 6. The molecule has 7 nitrogen and oxygen atoms in total. The van der Waals surface area contributed by atoms with Gasteiger partial charge < -0.3 is 19.7 Å². The van der Waals surface area contributed by atoms with Gasteiger partial charge in [0, 0.05) is 32.9 Å². The first-order chi connectivity index (χ1) is 13.8. The normalized spacial score (nSPS) is 13.1. The summed E-state index contributed by atoms with van der Waals surface area (Å²) in [4.78, 5) is 24.4. The molecular weight excluding hydrogens is 509 g/mol. The van der Waals surface area contributed by atoms with E-state index in [1.807, 2.05) is 18.4 Å². The smallest absolute Gasteiger partial charge is 0.412 e. The van der Waals surface area contributed by atoms with Gasteiger partial charge >= 0.3 is 12.1 Å². The van der Waals surface area contributed by atoms with Crippen LogP contribution in [0.25, 0.3) is 0 Å². The number of hydrogen-bond donors (Lipinski definition) is 3. The number of carbonyl (C=O) groups excluding carboxylic acids is 1. The highest BCUT2D eigenvalue weighted by Crippen LogP contribution is 2.33. The van der Waals surface area contributed by atoms with E-state index in [4.69, 9.17) is 14.6 Å². The fourth-order valence-electron chi connectivity index (χ4n) is 2.48. The standard InChI is InChI=1S/C20H20INO6S/c1-27-17(9-10-18(24)25)19(15-11-12(21)3-8-16(15)23)28-20(26)22-13-4-6-14(29-2)7-5-13/h3-11,17,19,23H,1-2H3,(H,22,26)(H,24,25)/b10-9+/t17-,19-/m1/s1. The van der Waals surface area contributed by atoms with E-state index in [1.165, 1.54) is 19.3 Å². The Hall–Kier alpha value is -2.24. The summed E-state index contributed by atoms with van der Waals surface area (Å²) in [6.45, 7) is 0. The van der Waals surface area contributed by atoms with E-state index >= 15 is 0 Å². The van der Waals surface area contributed by atoms with Crippen molar-refractivity contribution in [3.63, 3.8) is 0 Å².